The molecule has 1 aliphatic heterocycles. The molecule has 1 fully saturated rings. The highest BCUT2D eigenvalue weighted by Gasteiger charge is 2.21. The van der Waals surface area contributed by atoms with Gasteiger partial charge in [0.2, 0.25) is 0 Å². The van der Waals surface area contributed by atoms with Crippen LogP contribution in [0.15, 0.2) is 23.8 Å². The molecule has 24 heavy (non-hydrogen) atoms. The summed E-state index contributed by atoms with van der Waals surface area (Å²) in [5.74, 6) is 2.95. The fourth-order valence-electron chi connectivity index (χ4n) is 3.10. The van der Waals surface area contributed by atoms with Gasteiger partial charge in [-0.1, -0.05) is 6.92 Å². The van der Waals surface area contributed by atoms with E-state index in [1.54, 1.807) is 17.7 Å². The maximum atomic E-state index is 4.62. The van der Waals surface area contributed by atoms with Crippen molar-refractivity contribution in [3.05, 3.63) is 35.4 Å². The second-order valence-electron chi connectivity index (χ2n) is 5.92. The molecule has 6 nitrogen and oxygen atoms in total. The highest BCUT2D eigenvalue weighted by atomic mass is 32.1. The third-order valence-corrected chi connectivity index (χ3v) is 5.27. The third kappa shape index (κ3) is 2.80. The first kappa shape index (κ1) is 15.3. The molecule has 0 saturated carbocycles. The van der Waals surface area contributed by atoms with Crippen LogP contribution in [0.25, 0.3) is 10.2 Å². The van der Waals surface area contributed by atoms with Crippen LogP contribution in [-0.4, -0.2) is 46.1 Å². The van der Waals surface area contributed by atoms with E-state index < -0.39 is 0 Å². The summed E-state index contributed by atoms with van der Waals surface area (Å²) in [6.45, 7) is 7.86. The first-order valence-corrected chi connectivity index (χ1v) is 9.15. The lowest BCUT2D eigenvalue weighted by Gasteiger charge is -2.36. The summed E-state index contributed by atoms with van der Waals surface area (Å²) >= 11 is 1.71. The van der Waals surface area contributed by atoms with Crippen LogP contribution in [0.4, 0.5) is 11.6 Å². The molecule has 124 valence electrons. The molecule has 0 unspecified atom stereocenters. The van der Waals surface area contributed by atoms with E-state index in [-0.39, 0.29) is 0 Å². The highest BCUT2D eigenvalue weighted by Crippen LogP contribution is 2.29. The number of thiophene rings is 1. The lowest BCUT2D eigenvalue weighted by atomic mass is 10.2. The van der Waals surface area contributed by atoms with Gasteiger partial charge in [0, 0.05) is 37.9 Å². The van der Waals surface area contributed by atoms with E-state index in [9.17, 15) is 0 Å². The molecule has 3 aromatic rings. The fourth-order valence-corrected chi connectivity index (χ4v) is 3.97. The van der Waals surface area contributed by atoms with Crippen LogP contribution in [0, 0.1) is 6.92 Å². The van der Waals surface area contributed by atoms with E-state index in [0.717, 1.165) is 61.3 Å². The molecule has 4 rings (SSSR count). The molecule has 0 atom stereocenters. The van der Waals surface area contributed by atoms with Crippen molar-refractivity contribution in [2.45, 2.75) is 20.3 Å². The van der Waals surface area contributed by atoms with Crippen molar-refractivity contribution in [2.75, 3.05) is 36.0 Å². The Bertz CT molecular complexity index is 853. The Labute approximate surface area is 145 Å². The van der Waals surface area contributed by atoms with E-state index in [1.165, 1.54) is 4.70 Å². The van der Waals surface area contributed by atoms with Crippen LogP contribution in [0.1, 0.15) is 18.4 Å². The van der Waals surface area contributed by atoms with Crippen LogP contribution in [0.2, 0.25) is 0 Å². The van der Waals surface area contributed by atoms with Crippen molar-refractivity contribution < 1.29 is 0 Å². The Morgan fingerprint density at radius 1 is 1.08 bits per heavy atom. The second kappa shape index (κ2) is 6.32. The minimum atomic E-state index is 0.850. The van der Waals surface area contributed by atoms with Gasteiger partial charge < -0.3 is 9.80 Å². The Balaban J connectivity index is 1.53. The molecule has 1 aliphatic rings. The minimum absolute atomic E-state index is 0.850. The van der Waals surface area contributed by atoms with Gasteiger partial charge in [-0.05, 0) is 24.8 Å². The van der Waals surface area contributed by atoms with Crippen molar-refractivity contribution in [1.29, 1.82) is 0 Å². The molecule has 3 aromatic heterocycles. The normalized spacial score (nSPS) is 15.2. The summed E-state index contributed by atoms with van der Waals surface area (Å²) in [6.07, 6.45) is 2.60. The number of hydrogen-bond donors (Lipinski definition) is 0. The van der Waals surface area contributed by atoms with Crippen LogP contribution >= 0.6 is 11.3 Å². The lowest BCUT2D eigenvalue weighted by Crippen LogP contribution is -2.47. The third-order valence-electron chi connectivity index (χ3n) is 4.37. The summed E-state index contributed by atoms with van der Waals surface area (Å²) in [6, 6.07) is 4.17. The van der Waals surface area contributed by atoms with Gasteiger partial charge in [-0.15, -0.1) is 11.3 Å². The van der Waals surface area contributed by atoms with Gasteiger partial charge in [-0.25, -0.2) is 19.9 Å². The maximum absolute atomic E-state index is 4.62. The molecule has 0 aliphatic carbocycles. The number of nitrogens with zero attached hydrogens (tertiary/aromatic N) is 6. The zero-order valence-corrected chi connectivity index (χ0v) is 14.8. The Morgan fingerprint density at radius 2 is 1.88 bits per heavy atom. The topological polar surface area (TPSA) is 58.0 Å². The monoisotopic (exact) mass is 340 g/mol. The first-order valence-electron chi connectivity index (χ1n) is 8.27. The SMILES string of the molecule is CCc1cc(N2CCN(c3ncnc4ccsc34)CC2)nc(C)n1. The van der Waals surface area contributed by atoms with Crippen molar-refractivity contribution >= 4 is 33.2 Å². The molecule has 0 N–H and O–H groups in total. The van der Waals surface area contributed by atoms with Gasteiger partial charge in [0.05, 0.1) is 10.2 Å². The van der Waals surface area contributed by atoms with Crippen LogP contribution in [0.3, 0.4) is 0 Å². The highest BCUT2D eigenvalue weighted by molar-refractivity contribution is 7.17. The predicted molar refractivity (Wildman–Crippen MR) is 98.0 cm³/mol. The number of fused-ring (bicyclic) bond motifs is 1. The van der Waals surface area contributed by atoms with Gasteiger partial charge in [0.1, 0.15) is 23.8 Å². The Morgan fingerprint density at radius 3 is 2.67 bits per heavy atom. The minimum Gasteiger partial charge on any atom is -0.353 e. The molecular formula is C17H20N6S. The molecule has 0 amide bonds. The summed E-state index contributed by atoms with van der Waals surface area (Å²) in [5.41, 5.74) is 2.14. The van der Waals surface area contributed by atoms with Gasteiger partial charge in [-0.3, -0.25) is 0 Å². The standard InChI is InChI=1S/C17H20N6S/c1-3-13-10-15(21-12(2)20-13)22-5-7-23(8-6-22)17-16-14(4-9-24-16)18-11-19-17/h4,9-11H,3,5-8H2,1-2H3. The summed E-state index contributed by atoms with van der Waals surface area (Å²) in [7, 11) is 0. The van der Waals surface area contributed by atoms with Crippen LogP contribution < -0.4 is 9.80 Å². The van der Waals surface area contributed by atoms with Crippen molar-refractivity contribution in [2.24, 2.45) is 0 Å². The van der Waals surface area contributed by atoms with Crippen LogP contribution in [-0.2, 0) is 6.42 Å². The molecular weight excluding hydrogens is 320 g/mol. The van der Waals surface area contributed by atoms with E-state index >= 15 is 0 Å². The predicted octanol–water partition coefficient (Wildman–Crippen LogP) is 2.68. The van der Waals surface area contributed by atoms with Gasteiger partial charge in [0.25, 0.3) is 0 Å². The summed E-state index contributed by atoms with van der Waals surface area (Å²) in [4.78, 5) is 22.6. The van der Waals surface area contributed by atoms with Gasteiger partial charge in [0.15, 0.2) is 0 Å². The molecule has 0 aromatic carbocycles. The molecule has 7 heteroatoms. The van der Waals surface area contributed by atoms with Crippen molar-refractivity contribution in [3.63, 3.8) is 0 Å². The number of aromatic nitrogens is 4. The average molecular weight is 340 g/mol. The van der Waals surface area contributed by atoms with Gasteiger partial charge in [-0.2, -0.15) is 0 Å². The molecule has 4 heterocycles. The van der Waals surface area contributed by atoms with Crippen molar-refractivity contribution in [3.8, 4) is 0 Å². The number of anilines is 2. The molecule has 0 bridgehead atoms. The average Bonchev–Trinajstić information content (AvgIpc) is 3.10. The smallest absolute Gasteiger partial charge is 0.150 e. The number of piperazine rings is 1. The molecule has 0 radical (unpaired) electrons. The quantitative estimate of drug-likeness (QED) is 0.731. The van der Waals surface area contributed by atoms with Crippen molar-refractivity contribution in [1.82, 2.24) is 19.9 Å². The summed E-state index contributed by atoms with van der Waals surface area (Å²) in [5, 5.41) is 2.08. The largest absolute Gasteiger partial charge is 0.353 e. The number of rotatable bonds is 3. The van der Waals surface area contributed by atoms with E-state index in [0.29, 0.717) is 0 Å². The molecule has 1 saturated heterocycles. The zero-order valence-electron chi connectivity index (χ0n) is 13.9. The lowest BCUT2D eigenvalue weighted by molar-refractivity contribution is 0.640. The number of aryl methyl sites for hydroxylation is 2. The molecule has 0 spiro atoms. The Kier molecular flexibility index (Phi) is 4.02. The zero-order chi connectivity index (χ0) is 16.5. The first-order chi connectivity index (χ1) is 11.7. The number of hydrogen-bond acceptors (Lipinski definition) is 7. The maximum Gasteiger partial charge on any atom is 0.150 e. The van der Waals surface area contributed by atoms with E-state index in [1.807, 2.05) is 6.92 Å². The summed E-state index contributed by atoms with van der Waals surface area (Å²) < 4.78 is 1.18. The Hall–Kier alpha value is -2.28. The second-order valence-corrected chi connectivity index (χ2v) is 6.84. The fraction of sp³-hybridized carbons (Fsp3) is 0.412. The van der Waals surface area contributed by atoms with E-state index in [4.69, 9.17) is 0 Å². The van der Waals surface area contributed by atoms with Gasteiger partial charge >= 0.3 is 0 Å². The van der Waals surface area contributed by atoms with Crippen LogP contribution in [0.5, 0.6) is 0 Å². The van der Waals surface area contributed by atoms with E-state index in [2.05, 4.69) is 54.2 Å².